The molecule has 2 rings (SSSR count). The van der Waals surface area contributed by atoms with Gasteiger partial charge in [-0.25, -0.2) is 0 Å². The van der Waals surface area contributed by atoms with Gasteiger partial charge in [0.05, 0.1) is 12.6 Å². The molecule has 2 fully saturated rings. The third kappa shape index (κ3) is 1.04. The molecule has 0 aromatic carbocycles. The van der Waals surface area contributed by atoms with Gasteiger partial charge in [0.2, 0.25) is 0 Å². The number of nitrogens with one attached hydrogen (secondary N) is 1. The van der Waals surface area contributed by atoms with Crippen molar-refractivity contribution in [2.24, 2.45) is 0 Å². The Kier molecular flexibility index (Phi) is 2.38. The van der Waals surface area contributed by atoms with Gasteiger partial charge in [-0.15, -0.1) is 0 Å². The highest BCUT2D eigenvalue weighted by Crippen LogP contribution is 2.54. The van der Waals surface area contributed by atoms with Crippen LogP contribution in [-0.2, 0) is 14.2 Å². The summed E-state index contributed by atoms with van der Waals surface area (Å²) in [5, 5.41) is 3.24. The van der Waals surface area contributed by atoms with Gasteiger partial charge in [0.15, 0.2) is 5.72 Å². The number of epoxide rings is 1. The Morgan fingerprint density at radius 1 is 1.50 bits per heavy atom. The number of rotatable bonds is 4. The van der Waals surface area contributed by atoms with E-state index < -0.39 is 0 Å². The summed E-state index contributed by atoms with van der Waals surface area (Å²) in [6, 6.07) is 0.151. The third-order valence-electron chi connectivity index (χ3n) is 3.49. The van der Waals surface area contributed by atoms with Crippen molar-refractivity contribution < 1.29 is 14.2 Å². The first-order valence-electron chi connectivity index (χ1n) is 5.19. The van der Waals surface area contributed by atoms with E-state index in [2.05, 4.69) is 20.1 Å². The number of ether oxygens (including phenoxy) is 3. The minimum absolute atomic E-state index is 0.151. The Hall–Kier alpha value is -0.0951. The first kappa shape index (κ1) is 10.4. The van der Waals surface area contributed by atoms with E-state index in [-0.39, 0.29) is 23.4 Å². The van der Waals surface area contributed by atoms with Crippen LogP contribution in [0.4, 0.5) is 0 Å². The highest BCUT2D eigenvalue weighted by atomic mass is 16.7. The smallest absolute Gasteiger partial charge is 0.179 e. The average Bonchev–Trinajstić information content (AvgIpc) is 2.88. The maximum absolute atomic E-state index is 5.98. The lowest BCUT2D eigenvalue weighted by molar-refractivity contribution is -0.144. The Bertz CT molecular complexity index is 240. The van der Waals surface area contributed by atoms with Crippen molar-refractivity contribution in [3.63, 3.8) is 0 Å². The monoisotopic (exact) mass is 199 g/mol. The lowest BCUT2D eigenvalue weighted by atomic mass is 9.88. The van der Waals surface area contributed by atoms with Crippen molar-refractivity contribution in [2.45, 2.75) is 36.8 Å². The predicted octanol–water partition coefficient (Wildman–Crippen LogP) is -0.914. The summed E-state index contributed by atoms with van der Waals surface area (Å²) in [7, 11) is 5.67. The molecule has 4 atom stereocenters. The van der Waals surface area contributed by atoms with Crippen LogP contribution in [0.15, 0.2) is 0 Å². The van der Waals surface area contributed by atoms with Gasteiger partial charge in [-0.2, -0.15) is 0 Å². The van der Waals surface area contributed by atoms with E-state index in [1.807, 2.05) is 7.05 Å². The van der Waals surface area contributed by atoms with E-state index in [0.29, 0.717) is 6.61 Å². The van der Waals surface area contributed by atoms with E-state index in [0.717, 1.165) is 6.42 Å². The number of fused-ring (bicyclic) bond motifs is 1. The van der Waals surface area contributed by atoms with E-state index in [1.165, 1.54) is 0 Å². The highest BCUT2D eigenvalue weighted by Gasteiger charge is 2.76. The van der Waals surface area contributed by atoms with Crippen LogP contribution in [-0.4, -0.2) is 52.0 Å². The zero-order valence-corrected chi connectivity index (χ0v) is 9.29. The lowest BCUT2D eigenvalue weighted by Crippen LogP contribution is -2.55. The molecular weight excluding hydrogens is 181 g/mol. The van der Waals surface area contributed by atoms with E-state index in [4.69, 9.17) is 14.2 Å². The zero-order chi connectivity index (χ0) is 10.4. The fraction of sp³-hybridized carbons (Fsp3) is 1.00. The molecule has 2 aliphatic heterocycles. The van der Waals surface area contributed by atoms with Gasteiger partial charge in [0.1, 0.15) is 19.6 Å². The molecule has 2 saturated heterocycles. The SMILES string of the molecule is B[C@@H]1O[C@](CC)(COC)C2(NC)OC12. The molecule has 1 N–H and O–H groups in total. The molecule has 0 spiro atoms. The van der Waals surface area contributed by atoms with Crippen LogP contribution < -0.4 is 5.32 Å². The number of methoxy groups -OCH3 is 1. The summed E-state index contributed by atoms with van der Waals surface area (Å²) in [6.45, 7) is 2.68. The van der Waals surface area contributed by atoms with Gasteiger partial charge in [0, 0.05) is 7.11 Å². The summed E-state index contributed by atoms with van der Waals surface area (Å²) in [5.41, 5.74) is -0.627. The summed E-state index contributed by atoms with van der Waals surface area (Å²) < 4.78 is 17.0. The molecular formula is C9H18BNO3. The fourth-order valence-electron chi connectivity index (χ4n) is 2.72. The van der Waals surface area contributed by atoms with Crippen molar-refractivity contribution in [3.05, 3.63) is 0 Å². The molecule has 80 valence electrons. The molecule has 0 bridgehead atoms. The molecule has 14 heavy (non-hydrogen) atoms. The van der Waals surface area contributed by atoms with Gasteiger partial charge >= 0.3 is 0 Å². The summed E-state index contributed by atoms with van der Waals surface area (Å²) >= 11 is 0. The molecule has 0 aromatic rings. The van der Waals surface area contributed by atoms with Gasteiger partial charge in [-0.05, 0) is 13.5 Å². The summed E-state index contributed by atoms with van der Waals surface area (Å²) in [5.74, 6) is 0. The van der Waals surface area contributed by atoms with E-state index >= 15 is 0 Å². The maximum Gasteiger partial charge on any atom is 0.179 e. The molecule has 0 aromatic heterocycles. The summed E-state index contributed by atoms with van der Waals surface area (Å²) in [6.07, 6.45) is 1.07. The average molecular weight is 199 g/mol. The van der Waals surface area contributed by atoms with Crippen LogP contribution in [0.5, 0.6) is 0 Å². The standard InChI is InChI=1S/C9H18BNO3/c1-4-8(5-12-3)9(11-2)6(13-9)7(10)14-8/h6-7,11H,4-5,10H2,1-3H3/t6?,7-,8-,9?/m1/s1. The molecule has 4 nitrogen and oxygen atoms in total. The van der Waals surface area contributed by atoms with Crippen molar-refractivity contribution in [3.8, 4) is 0 Å². The van der Waals surface area contributed by atoms with Crippen LogP contribution in [0, 0.1) is 0 Å². The Balaban J connectivity index is 2.24. The molecule has 2 aliphatic rings. The largest absolute Gasteiger partial charge is 0.382 e. The molecule has 0 radical (unpaired) electrons. The number of hydrogen-bond donors (Lipinski definition) is 1. The lowest BCUT2D eigenvalue weighted by Gasteiger charge is -2.34. The normalized spacial score (nSPS) is 50.5. The molecule has 0 saturated carbocycles. The van der Waals surface area contributed by atoms with Gasteiger partial charge in [0.25, 0.3) is 0 Å². The first-order valence-corrected chi connectivity index (χ1v) is 5.19. The Labute approximate surface area is 85.7 Å². The molecule has 0 aliphatic carbocycles. The second kappa shape index (κ2) is 3.20. The molecule has 0 amide bonds. The van der Waals surface area contributed by atoms with E-state index in [1.54, 1.807) is 7.11 Å². The molecule has 2 unspecified atom stereocenters. The van der Waals surface area contributed by atoms with Gasteiger partial charge in [-0.1, -0.05) is 6.92 Å². The van der Waals surface area contributed by atoms with Gasteiger partial charge in [-0.3, -0.25) is 5.32 Å². The minimum atomic E-state index is -0.319. The topological polar surface area (TPSA) is 43.0 Å². The van der Waals surface area contributed by atoms with Crippen LogP contribution in [0.2, 0.25) is 0 Å². The first-order chi connectivity index (χ1) is 6.65. The molecule has 5 heteroatoms. The minimum Gasteiger partial charge on any atom is -0.382 e. The van der Waals surface area contributed by atoms with Crippen molar-refractivity contribution in [1.29, 1.82) is 0 Å². The van der Waals surface area contributed by atoms with Crippen molar-refractivity contribution in [1.82, 2.24) is 5.32 Å². The number of hydrogen-bond acceptors (Lipinski definition) is 4. The quantitative estimate of drug-likeness (QED) is 0.470. The van der Waals surface area contributed by atoms with Crippen molar-refractivity contribution >= 4 is 7.85 Å². The van der Waals surface area contributed by atoms with Crippen LogP contribution in [0.25, 0.3) is 0 Å². The van der Waals surface area contributed by atoms with Crippen molar-refractivity contribution in [2.75, 3.05) is 20.8 Å². The Morgan fingerprint density at radius 2 is 2.21 bits per heavy atom. The zero-order valence-electron chi connectivity index (χ0n) is 9.29. The number of likely N-dealkylation sites (N-methyl/N-ethyl adjacent to an activating group) is 1. The highest BCUT2D eigenvalue weighted by molar-refractivity contribution is 6.12. The van der Waals surface area contributed by atoms with Crippen LogP contribution in [0.1, 0.15) is 13.3 Å². The second-order valence-electron chi connectivity index (χ2n) is 4.13. The van der Waals surface area contributed by atoms with E-state index in [9.17, 15) is 0 Å². The third-order valence-corrected chi connectivity index (χ3v) is 3.49. The molecule has 2 heterocycles. The van der Waals surface area contributed by atoms with Crippen LogP contribution >= 0.6 is 0 Å². The second-order valence-corrected chi connectivity index (χ2v) is 4.13. The summed E-state index contributed by atoms with van der Waals surface area (Å²) in [4.78, 5) is 0. The predicted molar refractivity (Wildman–Crippen MR) is 55.0 cm³/mol. The van der Waals surface area contributed by atoms with Gasteiger partial charge < -0.3 is 14.2 Å². The fourth-order valence-corrected chi connectivity index (χ4v) is 2.72. The van der Waals surface area contributed by atoms with Crippen LogP contribution in [0.3, 0.4) is 0 Å². The maximum atomic E-state index is 5.98. The Morgan fingerprint density at radius 3 is 2.64 bits per heavy atom.